The predicted octanol–water partition coefficient (Wildman–Crippen LogP) is 6.85. The molecule has 0 unspecified atom stereocenters. The largest absolute Gasteiger partial charge is 0.453 e. The fourth-order valence-corrected chi connectivity index (χ4v) is 5.60. The van der Waals surface area contributed by atoms with Gasteiger partial charge in [-0.15, -0.1) is 0 Å². The third kappa shape index (κ3) is 6.33. The minimum absolute atomic E-state index is 0.412. The predicted molar refractivity (Wildman–Crippen MR) is 149 cm³/mol. The second kappa shape index (κ2) is 11.5. The van der Waals surface area contributed by atoms with Gasteiger partial charge in [0.15, 0.2) is 5.09 Å². The molecule has 2 N–H and O–H groups in total. The summed E-state index contributed by atoms with van der Waals surface area (Å²) < 4.78 is 5.99. The Morgan fingerprint density at radius 2 is 1.75 bits per heavy atom. The fourth-order valence-electron chi connectivity index (χ4n) is 4.69. The van der Waals surface area contributed by atoms with Gasteiger partial charge in [0.2, 0.25) is 5.95 Å². The van der Waals surface area contributed by atoms with Crippen molar-refractivity contribution in [2.75, 3.05) is 30.9 Å². The average molecular weight is 522 g/mol. The third-order valence-corrected chi connectivity index (χ3v) is 7.77. The van der Waals surface area contributed by atoms with Crippen molar-refractivity contribution in [3.63, 3.8) is 0 Å². The van der Waals surface area contributed by atoms with Gasteiger partial charge in [-0.2, -0.15) is 4.98 Å². The molecule has 6 nitrogen and oxygen atoms in total. The first-order chi connectivity index (χ1) is 17.5. The highest BCUT2D eigenvalue weighted by Gasteiger charge is 2.22. The maximum Gasteiger partial charge on any atom is 0.225 e. The van der Waals surface area contributed by atoms with Crippen LogP contribution in [-0.2, 0) is 6.54 Å². The van der Waals surface area contributed by atoms with Crippen LogP contribution in [0.2, 0.25) is 5.02 Å². The van der Waals surface area contributed by atoms with E-state index in [1.807, 2.05) is 56.6 Å². The smallest absolute Gasteiger partial charge is 0.225 e. The first-order valence-corrected chi connectivity index (χ1v) is 13.7. The van der Waals surface area contributed by atoms with Gasteiger partial charge in [-0.1, -0.05) is 35.5 Å². The van der Waals surface area contributed by atoms with Gasteiger partial charge in [0, 0.05) is 35.4 Å². The first kappa shape index (κ1) is 24.9. The number of nitrogens with zero attached hydrogens (tertiary/aromatic N) is 3. The van der Waals surface area contributed by atoms with Gasteiger partial charge in [0.25, 0.3) is 0 Å². The maximum atomic E-state index is 5.99. The number of nitrogens with one attached hydrogen (secondary N) is 2. The van der Waals surface area contributed by atoms with Gasteiger partial charge < -0.3 is 20.0 Å². The van der Waals surface area contributed by atoms with Gasteiger partial charge in [0.05, 0.1) is 12.1 Å². The Kier molecular flexibility index (Phi) is 7.99. The van der Waals surface area contributed by atoms with E-state index < -0.39 is 0 Å². The number of hydrogen-bond acceptors (Lipinski definition) is 7. The van der Waals surface area contributed by atoms with Crippen LogP contribution in [0, 0.1) is 5.92 Å². The Hall–Kier alpha value is -2.74. The number of hydrogen-bond donors (Lipinski definition) is 2. The van der Waals surface area contributed by atoms with Crippen LogP contribution < -0.4 is 15.5 Å². The van der Waals surface area contributed by atoms with E-state index in [4.69, 9.17) is 26.0 Å². The maximum absolute atomic E-state index is 5.99. The number of furan rings is 1. The molecule has 2 aromatic carbocycles. The van der Waals surface area contributed by atoms with Crippen LogP contribution in [0.25, 0.3) is 10.9 Å². The van der Waals surface area contributed by atoms with E-state index in [-0.39, 0.29) is 0 Å². The second-order valence-electron chi connectivity index (χ2n) is 9.55. The number of anilines is 2. The molecule has 36 heavy (non-hydrogen) atoms. The van der Waals surface area contributed by atoms with E-state index in [1.165, 1.54) is 12.8 Å². The molecule has 0 radical (unpaired) electrons. The fraction of sp³-hybridized carbons (Fsp3) is 0.357. The average Bonchev–Trinajstić information content (AvgIpc) is 3.33. The van der Waals surface area contributed by atoms with Crippen LogP contribution in [0.15, 0.2) is 75.1 Å². The molecule has 1 fully saturated rings. The monoisotopic (exact) mass is 521 g/mol. The van der Waals surface area contributed by atoms with Crippen LogP contribution in [0.4, 0.5) is 11.8 Å². The molecule has 4 aromatic rings. The SMILES string of the molecule is CN(C)c1nc(N[C@H]2CC[C@@H](CNCc3ccc(Sc4ccc(Cl)cc4)o3)CC2)nc2ccccc12. The Morgan fingerprint density at radius 3 is 2.53 bits per heavy atom. The van der Waals surface area contributed by atoms with Crippen molar-refractivity contribution < 1.29 is 4.42 Å². The second-order valence-corrected chi connectivity index (χ2v) is 11.1. The Morgan fingerprint density at radius 1 is 0.972 bits per heavy atom. The first-order valence-electron chi connectivity index (χ1n) is 12.5. The van der Waals surface area contributed by atoms with Crippen molar-refractivity contribution in [3.05, 3.63) is 71.4 Å². The molecule has 0 saturated heterocycles. The van der Waals surface area contributed by atoms with Crippen LogP contribution in [0.1, 0.15) is 31.4 Å². The summed E-state index contributed by atoms with van der Waals surface area (Å²) in [4.78, 5) is 12.7. The minimum Gasteiger partial charge on any atom is -0.453 e. The highest BCUT2D eigenvalue weighted by molar-refractivity contribution is 7.99. The van der Waals surface area contributed by atoms with Gasteiger partial charge >= 0.3 is 0 Å². The lowest BCUT2D eigenvalue weighted by molar-refractivity contribution is 0.317. The molecule has 2 aromatic heterocycles. The summed E-state index contributed by atoms with van der Waals surface area (Å²) in [5.74, 6) is 3.32. The lowest BCUT2D eigenvalue weighted by atomic mass is 9.86. The highest BCUT2D eigenvalue weighted by atomic mass is 35.5. The summed E-state index contributed by atoms with van der Waals surface area (Å²) in [6.45, 7) is 1.75. The van der Waals surface area contributed by atoms with Crippen molar-refractivity contribution in [2.45, 2.75) is 48.3 Å². The zero-order valence-electron chi connectivity index (χ0n) is 20.7. The quantitative estimate of drug-likeness (QED) is 0.249. The Bertz CT molecular complexity index is 1280. The molecule has 0 aliphatic heterocycles. The standard InChI is InChI=1S/C28H32ClN5OS/c1-34(2)27-24-5-3-4-6-25(24)32-28(33-27)31-21-11-7-19(8-12-21)17-30-18-22-13-16-26(35-22)36-23-14-9-20(29)10-15-23/h3-6,9-10,13-16,19,21,30H,7-8,11-12,17-18H2,1-2H3,(H,31,32,33)/t19-,21+. The topological polar surface area (TPSA) is 66.2 Å². The number of halogens is 1. The van der Waals surface area contributed by atoms with Gasteiger partial charge in [0.1, 0.15) is 11.6 Å². The highest BCUT2D eigenvalue weighted by Crippen LogP contribution is 2.31. The van der Waals surface area contributed by atoms with Crippen molar-refractivity contribution in [2.24, 2.45) is 5.92 Å². The van der Waals surface area contributed by atoms with Crippen molar-refractivity contribution >= 4 is 46.0 Å². The summed E-state index contributed by atoms with van der Waals surface area (Å²) >= 11 is 7.58. The molecule has 0 spiro atoms. The zero-order valence-corrected chi connectivity index (χ0v) is 22.3. The van der Waals surface area contributed by atoms with Crippen molar-refractivity contribution in [1.82, 2.24) is 15.3 Å². The lowest BCUT2D eigenvalue weighted by Crippen LogP contribution is -2.31. The molecular formula is C28H32ClN5OS. The van der Waals surface area contributed by atoms with E-state index in [0.29, 0.717) is 12.0 Å². The molecule has 1 aliphatic carbocycles. The van der Waals surface area contributed by atoms with Crippen molar-refractivity contribution in [3.8, 4) is 0 Å². The number of benzene rings is 2. The van der Waals surface area contributed by atoms with Gasteiger partial charge in [-0.05, 0) is 86.7 Å². The normalized spacial score (nSPS) is 17.9. The molecular weight excluding hydrogens is 490 g/mol. The molecule has 0 bridgehead atoms. The summed E-state index contributed by atoms with van der Waals surface area (Å²) in [5, 5.41) is 9.91. The number of aromatic nitrogens is 2. The Balaban J connectivity index is 1.07. The summed E-state index contributed by atoms with van der Waals surface area (Å²) in [5.41, 5.74) is 0.976. The molecule has 2 heterocycles. The van der Waals surface area contributed by atoms with Gasteiger partial charge in [-0.3, -0.25) is 0 Å². The van der Waals surface area contributed by atoms with E-state index >= 15 is 0 Å². The van der Waals surface area contributed by atoms with Gasteiger partial charge in [-0.25, -0.2) is 4.98 Å². The number of rotatable bonds is 9. The minimum atomic E-state index is 0.412. The third-order valence-electron chi connectivity index (χ3n) is 6.59. The van der Waals surface area contributed by atoms with E-state index in [1.54, 1.807) is 11.8 Å². The Labute approximate surface area is 221 Å². The zero-order chi connectivity index (χ0) is 24.9. The molecule has 188 valence electrons. The number of para-hydroxylation sites is 1. The van der Waals surface area contributed by atoms with Crippen LogP contribution in [-0.4, -0.2) is 36.6 Å². The van der Waals surface area contributed by atoms with E-state index in [2.05, 4.69) is 33.7 Å². The summed E-state index contributed by atoms with van der Waals surface area (Å²) in [6, 6.07) is 20.5. The molecule has 8 heteroatoms. The molecule has 0 amide bonds. The molecule has 0 atom stereocenters. The van der Waals surface area contributed by atoms with Crippen LogP contribution in [0.3, 0.4) is 0 Å². The number of fused-ring (bicyclic) bond motifs is 1. The molecule has 5 rings (SSSR count). The molecule has 1 aliphatic rings. The van der Waals surface area contributed by atoms with E-state index in [9.17, 15) is 0 Å². The van der Waals surface area contributed by atoms with E-state index in [0.717, 1.165) is 69.4 Å². The summed E-state index contributed by atoms with van der Waals surface area (Å²) in [6.07, 6.45) is 4.63. The van der Waals surface area contributed by atoms with Crippen molar-refractivity contribution in [1.29, 1.82) is 0 Å². The summed E-state index contributed by atoms with van der Waals surface area (Å²) in [7, 11) is 4.05. The molecule has 1 saturated carbocycles. The lowest BCUT2D eigenvalue weighted by Gasteiger charge is -2.29. The van der Waals surface area contributed by atoms with Crippen LogP contribution in [0.5, 0.6) is 0 Å². The van der Waals surface area contributed by atoms with Crippen LogP contribution >= 0.6 is 23.4 Å².